The van der Waals surface area contributed by atoms with Crippen molar-refractivity contribution < 1.29 is 29.7 Å². The van der Waals surface area contributed by atoms with E-state index in [4.69, 9.17) is 10.2 Å². The number of hydrogen-bond acceptors (Lipinski definition) is 5. The summed E-state index contributed by atoms with van der Waals surface area (Å²) < 4.78 is 0. The van der Waals surface area contributed by atoms with Gasteiger partial charge in [-0.15, -0.1) is 0 Å². The predicted octanol–water partition coefficient (Wildman–Crippen LogP) is -0.237. The van der Waals surface area contributed by atoms with E-state index in [1.165, 1.54) is 11.9 Å². The van der Waals surface area contributed by atoms with Gasteiger partial charge < -0.3 is 20.2 Å². The summed E-state index contributed by atoms with van der Waals surface area (Å²) in [6, 6.07) is 5.35. The van der Waals surface area contributed by atoms with Gasteiger partial charge in [-0.1, -0.05) is 6.07 Å². The van der Waals surface area contributed by atoms with Gasteiger partial charge in [0.2, 0.25) is 5.91 Å². The second-order valence-electron chi connectivity index (χ2n) is 4.97. The van der Waals surface area contributed by atoms with E-state index in [2.05, 4.69) is 4.98 Å². The summed E-state index contributed by atoms with van der Waals surface area (Å²) in [6.45, 7) is 0.276. The summed E-state index contributed by atoms with van der Waals surface area (Å²) in [4.78, 5) is 38.9. The molecule has 3 N–H and O–H groups in total. The Hall–Kier alpha value is -2.48. The maximum absolute atomic E-state index is 12.0. The number of aliphatic hydroxyl groups is 1. The van der Waals surface area contributed by atoms with Crippen LogP contribution in [0.2, 0.25) is 0 Å². The number of rotatable bonds is 8. The van der Waals surface area contributed by atoms with Gasteiger partial charge in [0.1, 0.15) is 0 Å². The van der Waals surface area contributed by atoms with Crippen LogP contribution in [-0.2, 0) is 20.8 Å². The van der Waals surface area contributed by atoms with Gasteiger partial charge >= 0.3 is 11.9 Å². The lowest BCUT2D eigenvalue weighted by Crippen LogP contribution is -2.45. The molecule has 0 radical (unpaired) electrons. The Morgan fingerprint density at radius 1 is 1.23 bits per heavy atom. The average molecular weight is 310 g/mol. The standard InChI is InChI=1S/C14H18N2O6/c1-16(7-5-10-4-2-3-6-15-10)11(17)8-14(22,13(20)21)9-12(18)19/h2-4,6,22H,5,7-9H2,1H3,(H,18,19)(H,20,21). The first kappa shape index (κ1) is 17.6. The van der Waals surface area contributed by atoms with Crippen molar-refractivity contribution in [2.45, 2.75) is 24.9 Å². The van der Waals surface area contributed by atoms with Crippen molar-refractivity contribution in [3.05, 3.63) is 30.1 Å². The van der Waals surface area contributed by atoms with E-state index >= 15 is 0 Å². The molecular weight excluding hydrogens is 292 g/mol. The van der Waals surface area contributed by atoms with E-state index in [1.54, 1.807) is 24.4 Å². The molecular formula is C14H18N2O6. The zero-order chi connectivity index (χ0) is 16.8. The van der Waals surface area contributed by atoms with Crippen molar-refractivity contribution in [1.29, 1.82) is 0 Å². The van der Waals surface area contributed by atoms with Gasteiger partial charge in [-0.2, -0.15) is 0 Å². The van der Waals surface area contributed by atoms with Crippen LogP contribution in [0, 0.1) is 0 Å². The van der Waals surface area contributed by atoms with Crippen LogP contribution in [0.1, 0.15) is 18.5 Å². The van der Waals surface area contributed by atoms with E-state index in [0.717, 1.165) is 5.69 Å². The molecule has 120 valence electrons. The normalized spacial score (nSPS) is 13.2. The Labute approximate surface area is 127 Å². The summed E-state index contributed by atoms with van der Waals surface area (Å²) in [6.07, 6.45) is 0.246. The number of amides is 1. The lowest BCUT2D eigenvalue weighted by atomic mass is 9.95. The molecule has 0 spiro atoms. The molecule has 8 heteroatoms. The van der Waals surface area contributed by atoms with E-state index in [-0.39, 0.29) is 6.54 Å². The van der Waals surface area contributed by atoms with Crippen molar-refractivity contribution in [3.8, 4) is 0 Å². The van der Waals surface area contributed by atoms with Crippen molar-refractivity contribution in [2.24, 2.45) is 0 Å². The van der Waals surface area contributed by atoms with Gasteiger partial charge in [-0.25, -0.2) is 4.79 Å². The maximum Gasteiger partial charge on any atom is 0.336 e. The first-order chi connectivity index (χ1) is 10.2. The molecule has 1 rings (SSSR count). The molecule has 1 amide bonds. The van der Waals surface area contributed by atoms with Gasteiger partial charge in [-0.05, 0) is 12.1 Å². The third-order valence-corrected chi connectivity index (χ3v) is 3.14. The zero-order valence-corrected chi connectivity index (χ0v) is 12.1. The summed E-state index contributed by atoms with van der Waals surface area (Å²) in [5.74, 6) is -3.88. The number of carbonyl (C=O) groups is 3. The SMILES string of the molecule is CN(CCc1ccccn1)C(=O)CC(O)(CC(=O)O)C(=O)O. The molecule has 1 atom stereocenters. The van der Waals surface area contributed by atoms with Gasteiger partial charge in [0, 0.05) is 31.9 Å². The van der Waals surface area contributed by atoms with Crippen molar-refractivity contribution in [3.63, 3.8) is 0 Å². The molecule has 22 heavy (non-hydrogen) atoms. The molecule has 0 aliphatic rings. The molecule has 8 nitrogen and oxygen atoms in total. The highest BCUT2D eigenvalue weighted by atomic mass is 16.4. The van der Waals surface area contributed by atoms with E-state index < -0.39 is 36.3 Å². The quantitative estimate of drug-likeness (QED) is 0.604. The fourth-order valence-electron chi connectivity index (χ4n) is 1.80. The van der Waals surface area contributed by atoms with E-state index in [0.29, 0.717) is 6.42 Å². The third-order valence-electron chi connectivity index (χ3n) is 3.14. The lowest BCUT2D eigenvalue weighted by Gasteiger charge is -2.24. The van der Waals surface area contributed by atoms with Crippen LogP contribution in [0.3, 0.4) is 0 Å². The molecule has 1 aromatic heterocycles. The molecule has 0 aliphatic carbocycles. The fraction of sp³-hybridized carbons (Fsp3) is 0.429. The number of likely N-dealkylation sites (N-methyl/N-ethyl adjacent to an activating group) is 1. The molecule has 0 saturated carbocycles. The summed E-state index contributed by atoms with van der Waals surface area (Å²) >= 11 is 0. The van der Waals surface area contributed by atoms with Crippen LogP contribution in [-0.4, -0.2) is 62.2 Å². The highest BCUT2D eigenvalue weighted by molar-refractivity contribution is 5.90. The molecule has 1 heterocycles. The molecule has 0 aromatic carbocycles. The van der Waals surface area contributed by atoms with Crippen LogP contribution >= 0.6 is 0 Å². The van der Waals surface area contributed by atoms with Crippen LogP contribution in [0.15, 0.2) is 24.4 Å². The van der Waals surface area contributed by atoms with Crippen LogP contribution < -0.4 is 0 Å². The van der Waals surface area contributed by atoms with E-state index in [9.17, 15) is 19.5 Å². The number of carboxylic acid groups (broad SMARTS) is 2. The number of hydrogen-bond donors (Lipinski definition) is 3. The molecule has 0 bridgehead atoms. The summed E-state index contributed by atoms with van der Waals surface area (Å²) in [7, 11) is 1.45. The number of aromatic nitrogens is 1. The van der Waals surface area contributed by atoms with Gasteiger partial charge in [0.25, 0.3) is 0 Å². The Morgan fingerprint density at radius 3 is 2.41 bits per heavy atom. The Balaban J connectivity index is 2.61. The first-order valence-corrected chi connectivity index (χ1v) is 6.56. The monoisotopic (exact) mass is 310 g/mol. The number of carbonyl (C=O) groups excluding carboxylic acids is 1. The Bertz CT molecular complexity index is 548. The number of aliphatic carboxylic acids is 2. The largest absolute Gasteiger partial charge is 0.481 e. The number of carboxylic acids is 2. The summed E-state index contributed by atoms with van der Waals surface area (Å²) in [5, 5.41) is 27.4. The van der Waals surface area contributed by atoms with E-state index in [1.807, 2.05) is 0 Å². The molecule has 0 saturated heterocycles. The third kappa shape index (κ3) is 5.13. The molecule has 0 aliphatic heterocycles. The lowest BCUT2D eigenvalue weighted by molar-refractivity contribution is -0.168. The minimum Gasteiger partial charge on any atom is -0.481 e. The minimum absolute atomic E-state index is 0.276. The maximum atomic E-state index is 12.0. The topological polar surface area (TPSA) is 128 Å². The zero-order valence-electron chi connectivity index (χ0n) is 12.1. The van der Waals surface area contributed by atoms with Gasteiger partial charge in [-0.3, -0.25) is 14.6 Å². The Morgan fingerprint density at radius 2 is 1.91 bits per heavy atom. The number of pyridine rings is 1. The average Bonchev–Trinajstić information content (AvgIpc) is 2.44. The van der Waals surface area contributed by atoms with Crippen LogP contribution in [0.4, 0.5) is 0 Å². The van der Waals surface area contributed by atoms with Crippen LogP contribution in [0.25, 0.3) is 0 Å². The highest BCUT2D eigenvalue weighted by Gasteiger charge is 2.41. The fourth-order valence-corrected chi connectivity index (χ4v) is 1.80. The molecule has 0 fully saturated rings. The van der Waals surface area contributed by atoms with Crippen molar-refractivity contribution >= 4 is 17.8 Å². The Kier molecular flexibility index (Phi) is 6.00. The predicted molar refractivity (Wildman–Crippen MR) is 75.0 cm³/mol. The first-order valence-electron chi connectivity index (χ1n) is 6.56. The van der Waals surface area contributed by atoms with Gasteiger partial charge in [0.05, 0.1) is 12.8 Å². The summed E-state index contributed by atoms with van der Waals surface area (Å²) in [5.41, 5.74) is -1.84. The highest BCUT2D eigenvalue weighted by Crippen LogP contribution is 2.17. The van der Waals surface area contributed by atoms with Gasteiger partial charge in [0.15, 0.2) is 5.60 Å². The second-order valence-corrected chi connectivity index (χ2v) is 4.97. The van der Waals surface area contributed by atoms with Crippen LogP contribution in [0.5, 0.6) is 0 Å². The molecule has 1 unspecified atom stereocenters. The van der Waals surface area contributed by atoms with Crippen molar-refractivity contribution in [1.82, 2.24) is 9.88 Å². The smallest absolute Gasteiger partial charge is 0.336 e. The van der Waals surface area contributed by atoms with Crippen molar-refractivity contribution in [2.75, 3.05) is 13.6 Å². The number of nitrogens with zero attached hydrogens (tertiary/aromatic N) is 2. The second kappa shape index (κ2) is 7.51. The molecule has 1 aromatic rings. The minimum atomic E-state index is -2.61.